The van der Waals surface area contributed by atoms with E-state index in [0.29, 0.717) is 39.3 Å². The highest BCUT2D eigenvalue weighted by Gasteiger charge is 2.48. The Bertz CT molecular complexity index is 1570. The fourth-order valence-corrected chi connectivity index (χ4v) is 6.24. The molecule has 0 saturated carbocycles. The maximum Gasteiger partial charge on any atom is 0.301 e. The number of aliphatic hydroxyl groups is 1. The summed E-state index contributed by atoms with van der Waals surface area (Å²) in [5.41, 5.74) is 3.27. The Kier molecular flexibility index (Phi) is 8.18. The van der Waals surface area contributed by atoms with Gasteiger partial charge in [0.05, 0.1) is 25.3 Å². The predicted octanol–water partition coefficient (Wildman–Crippen LogP) is 6.17. The molecule has 8 nitrogen and oxygen atoms in total. The van der Waals surface area contributed by atoms with Crippen LogP contribution in [0.1, 0.15) is 35.2 Å². The van der Waals surface area contributed by atoms with Crippen molar-refractivity contribution in [3.63, 3.8) is 0 Å². The van der Waals surface area contributed by atoms with Crippen LogP contribution in [0, 0.1) is 6.92 Å². The maximum absolute atomic E-state index is 13.5. The topological polar surface area (TPSA) is 102 Å². The maximum atomic E-state index is 13.5. The number of hydrogen-bond acceptors (Lipinski definition) is 9. The van der Waals surface area contributed by atoms with E-state index in [1.54, 1.807) is 48.5 Å². The van der Waals surface area contributed by atoms with Crippen LogP contribution in [0.4, 0.5) is 5.13 Å². The normalized spacial score (nSPS) is 16.4. The number of amides is 1. The molecule has 0 radical (unpaired) electrons. The Morgan fingerprint density at radius 3 is 2.48 bits per heavy atom. The molecule has 2 heterocycles. The van der Waals surface area contributed by atoms with E-state index in [1.165, 1.54) is 40.7 Å². The van der Waals surface area contributed by atoms with Crippen LogP contribution in [0.5, 0.6) is 11.5 Å². The van der Waals surface area contributed by atoms with Gasteiger partial charge in [-0.1, -0.05) is 89.3 Å². The molecule has 0 aliphatic carbocycles. The molecule has 3 aromatic carbocycles. The highest BCUT2D eigenvalue weighted by atomic mass is 32.2. The number of carbonyl (C=O) groups excluding carboxylic acids is 2. The Hall–Kier alpha value is -4.15. The molecule has 40 heavy (non-hydrogen) atoms. The second-order valence-corrected chi connectivity index (χ2v) is 11.2. The minimum Gasteiger partial charge on any atom is -0.507 e. The van der Waals surface area contributed by atoms with Crippen molar-refractivity contribution in [2.45, 2.75) is 30.0 Å². The van der Waals surface area contributed by atoms with Gasteiger partial charge in [0.1, 0.15) is 5.76 Å². The second-order valence-electron chi connectivity index (χ2n) is 9.00. The summed E-state index contributed by atoms with van der Waals surface area (Å²) in [5.74, 6) is -0.209. The molecule has 1 aromatic heterocycles. The van der Waals surface area contributed by atoms with Gasteiger partial charge in [0.25, 0.3) is 5.78 Å². The van der Waals surface area contributed by atoms with Crippen molar-refractivity contribution in [3.8, 4) is 11.5 Å². The first-order valence-electron chi connectivity index (χ1n) is 12.6. The van der Waals surface area contributed by atoms with E-state index in [4.69, 9.17) is 9.47 Å². The van der Waals surface area contributed by atoms with E-state index >= 15 is 0 Å². The zero-order valence-electron chi connectivity index (χ0n) is 22.2. The van der Waals surface area contributed by atoms with Gasteiger partial charge >= 0.3 is 5.91 Å². The molecule has 204 valence electrons. The molecule has 1 aliphatic rings. The van der Waals surface area contributed by atoms with Crippen molar-refractivity contribution in [3.05, 3.63) is 101 Å². The lowest BCUT2D eigenvalue weighted by atomic mass is 9.95. The summed E-state index contributed by atoms with van der Waals surface area (Å²) in [7, 11) is 1.52. The lowest BCUT2D eigenvalue weighted by molar-refractivity contribution is -0.132. The van der Waals surface area contributed by atoms with Gasteiger partial charge in [-0.3, -0.25) is 14.5 Å². The number of rotatable bonds is 9. The minimum atomic E-state index is -0.951. The number of thioether (sulfide) groups is 1. The van der Waals surface area contributed by atoms with Crippen LogP contribution in [0.3, 0.4) is 0 Å². The average molecular weight is 574 g/mol. The number of aromatic nitrogens is 2. The molecule has 5 rings (SSSR count). The molecule has 1 unspecified atom stereocenters. The number of carbonyl (C=O) groups is 2. The molecule has 1 fully saturated rings. The number of anilines is 1. The molecule has 0 bridgehead atoms. The van der Waals surface area contributed by atoms with Crippen LogP contribution in [-0.4, -0.2) is 40.7 Å². The number of benzene rings is 3. The van der Waals surface area contributed by atoms with Gasteiger partial charge in [-0.15, -0.1) is 10.2 Å². The predicted molar refractivity (Wildman–Crippen MR) is 156 cm³/mol. The number of methoxy groups -OCH3 is 1. The third-order valence-electron chi connectivity index (χ3n) is 6.38. The van der Waals surface area contributed by atoms with Gasteiger partial charge in [0, 0.05) is 11.3 Å². The summed E-state index contributed by atoms with van der Waals surface area (Å²) in [5, 5.41) is 20.1. The van der Waals surface area contributed by atoms with Crippen molar-refractivity contribution in [1.29, 1.82) is 0 Å². The van der Waals surface area contributed by atoms with Crippen LogP contribution in [0.25, 0.3) is 5.76 Å². The molecule has 0 spiro atoms. The first-order chi connectivity index (χ1) is 19.4. The molecular formula is C30H27N3O5S2. The van der Waals surface area contributed by atoms with Crippen LogP contribution in [0.2, 0.25) is 0 Å². The zero-order chi connectivity index (χ0) is 28.2. The summed E-state index contributed by atoms with van der Waals surface area (Å²) in [6.07, 6.45) is 0. The lowest BCUT2D eigenvalue weighted by Crippen LogP contribution is -2.29. The Labute approximate surface area is 240 Å². The van der Waals surface area contributed by atoms with E-state index in [2.05, 4.69) is 34.5 Å². The van der Waals surface area contributed by atoms with Gasteiger partial charge in [0.2, 0.25) is 5.13 Å². The number of ketones is 1. The van der Waals surface area contributed by atoms with E-state index in [0.717, 1.165) is 5.56 Å². The monoisotopic (exact) mass is 573 g/mol. The van der Waals surface area contributed by atoms with E-state index < -0.39 is 17.7 Å². The van der Waals surface area contributed by atoms with Gasteiger partial charge in [-0.2, -0.15) is 0 Å². The summed E-state index contributed by atoms with van der Waals surface area (Å²) in [6, 6.07) is 21.1. The number of nitrogens with zero attached hydrogens (tertiary/aromatic N) is 3. The number of hydrogen-bond donors (Lipinski definition) is 1. The van der Waals surface area contributed by atoms with E-state index in [9.17, 15) is 14.7 Å². The van der Waals surface area contributed by atoms with Crippen molar-refractivity contribution in [2.75, 3.05) is 18.6 Å². The summed E-state index contributed by atoms with van der Waals surface area (Å²) in [6.45, 7) is 4.35. The fraction of sp³-hybridized carbons (Fsp3) is 0.200. The van der Waals surface area contributed by atoms with Crippen LogP contribution < -0.4 is 14.4 Å². The van der Waals surface area contributed by atoms with Crippen LogP contribution in [0.15, 0.2) is 82.7 Å². The van der Waals surface area contributed by atoms with Crippen molar-refractivity contribution in [1.82, 2.24) is 10.2 Å². The molecule has 1 atom stereocenters. The van der Waals surface area contributed by atoms with E-state index in [-0.39, 0.29) is 16.5 Å². The van der Waals surface area contributed by atoms with Gasteiger partial charge in [-0.25, -0.2) is 0 Å². The Morgan fingerprint density at radius 1 is 1.02 bits per heavy atom. The average Bonchev–Trinajstić information content (AvgIpc) is 3.55. The lowest BCUT2D eigenvalue weighted by Gasteiger charge is -2.23. The Morgan fingerprint density at radius 2 is 1.77 bits per heavy atom. The Balaban J connectivity index is 1.56. The number of ether oxygens (including phenoxy) is 2. The SMILES string of the molecule is CCOc1ccc(C2/C(=C(/O)c3ccccc3)C(=O)C(=O)N2c2nnc(SCc3ccc(C)cc3)s2)cc1OC. The third kappa shape index (κ3) is 5.45. The van der Waals surface area contributed by atoms with Crippen LogP contribution >= 0.6 is 23.1 Å². The number of aliphatic hydroxyl groups excluding tert-OH is 1. The third-order valence-corrected chi connectivity index (χ3v) is 8.51. The van der Waals surface area contributed by atoms with Crippen molar-refractivity contribution >= 4 is 45.7 Å². The number of Topliss-reactive ketones (excluding diaryl/α,β-unsaturated/α-hetero) is 1. The highest BCUT2D eigenvalue weighted by molar-refractivity contribution is 8.00. The summed E-state index contributed by atoms with van der Waals surface area (Å²) < 4.78 is 11.9. The molecule has 10 heteroatoms. The van der Waals surface area contributed by atoms with Gasteiger partial charge in [-0.05, 0) is 37.1 Å². The molecule has 1 N–H and O–H groups in total. The smallest absolute Gasteiger partial charge is 0.301 e. The molecule has 4 aromatic rings. The molecule has 1 saturated heterocycles. The molecule has 1 amide bonds. The van der Waals surface area contributed by atoms with Crippen LogP contribution in [-0.2, 0) is 15.3 Å². The fourth-order valence-electron chi connectivity index (χ4n) is 4.41. The van der Waals surface area contributed by atoms with E-state index in [1.807, 2.05) is 13.8 Å². The standard InChI is InChI=1S/C30H27N3O5S2/c1-4-38-22-15-14-21(16-23(22)37-3)25-24(26(34)20-8-6-5-7-9-20)27(35)28(36)33(25)29-31-32-30(40-29)39-17-19-12-10-18(2)11-13-19/h5-16,25,34H,4,17H2,1-3H3/b26-24-. The largest absolute Gasteiger partial charge is 0.507 e. The van der Waals surface area contributed by atoms with Gasteiger partial charge in [0.15, 0.2) is 15.8 Å². The minimum absolute atomic E-state index is 0.0357. The van der Waals surface area contributed by atoms with Gasteiger partial charge < -0.3 is 14.6 Å². The zero-order valence-corrected chi connectivity index (χ0v) is 23.8. The summed E-state index contributed by atoms with van der Waals surface area (Å²) in [4.78, 5) is 28.2. The first kappa shape index (κ1) is 27.4. The quantitative estimate of drug-likeness (QED) is 0.0834. The van der Waals surface area contributed by atoms with Crippen molar-refractivity contribution in [2.24, 2.45) is 0 Å². The number of aryl methyl sites for hydroxylation is 1. The summed E-state index contributed by atoms with van der Waals surface area (Å²) >= 11 is 2.72. The first-order valence-corrected chi connectivity index (χ1v) is 14.4. The molecular weight excluding hydrogens is 546 g/mol. The van der Waals surface area contributed by atoms with Crippen molar-refractivity contribution < 1.29 is 24.2 Å². The molecule has 1 aliphatic heterocycles. The highest BCUT2D eigenvalue weighted by Crippen LogP contribution is 2.45. The second kappa shape index (κ2) is 11.9.